The second-order valence-corrected chi connectivity index (χ2v) is 9.77. The fourth-order valence-corrected chi connectivity index (χ4v) is 4.54. The van der Waals surface area contributed by atoms with Gasteiger partial charge in [0.2, 0.25) is 0 Å². The summed E-state index contributed by atoms with van der Waals surface area (Å²) >= 11 is 0. The average molecular weight is 467 g/mol. The molecule has 0 aliphatic carbocycles. The molecule has 0 saturated carbocycles. The molecule has 174 valence electrons. The Bertz CT molecular complexity index is 1250. The molecule has 1 amide bonds. The molecule has 0 spiro atoms. The lowest BCUT2D eigenvalue weighted by atomic mass is 10.1. The zero-order chi connectivity index (χ0) is 23.7. The number of amides is 1. The number of benzene rings is 2. The van der Waals surface area contributed by atoms with Gasteiger partial charge in [-0.3, -0.25) is 9.59 Å². The highest BCUT2D eigenvalue weighted by atomic mass is 31.0. The van der Waals surface area contributed by atoms with Crippen LogP contribution in [0.5, 0.6) is 5.75 Å². The molecule has 1 aliphatic rings. The Balaban J connectivity index is 1.81. The molecule has 1 fully saturated rings. The number of carbonyl (C=O) groups excluding carboxylic acids is 1. The van der Waals surface area contributed by atoms with Crippen LogP contribution < -0.4 is 21.1 Å². The molecular weight excluding hydrogens is 435 g/mol. The van der Waals surface area contributed by atoms with Gasteiger partial charge < -0.3 is 24.8 Å². The van der Waals surface area contributed by atoms with E-state index in [0.29, 0.717) is 23.1 Å². The van der Waals surface area contributed by atoms with E-state index in [1.807, 2.05) is 44.2 Å². The van der Waals surface area contributed by atoms with Crippen LogP contribution in [-0.2, 0) is 6.54 Å². The lowest BCUT2D eigenvalue weighted by Gasteiger charge is -2.34. The quantitative estimate of drug-likeness (QED) is 0.566. The van der Waals surface area contributed by atoms with Gasteiger partial charge in [0, 0.05) is 49.5 Å². The third kappa shape index (κ3) is 4.90. The number of anilines is 2. The number of hydrogen-bond acceptors (Lipinski definition) is 5. The SMILES string of the molecule is CC(C)Cn1c(=O)c(C(=O)Nc2cccc(P)c2)c(O)c2ccc(N3CCN(C)CC3)cc21. The molecule has 2 N–H and O–H groups in total. The first-order valence-electron chi connectivity index (χ1n) is 11.2. The number of aromatic nitrogens is 1. The Morgan fingerprint density at radius 1 is 1.12 bits per heavy atom. The molecule has 0 bridgehead atoms. The standard InChI is InChI=1S/C25H31N4O3P/c1-16(2)15-29-21-14-18(28-11-9-27(3)10-12-28)7-8-20(21)23(30)22(25(29)32)24(31)26-17-5-4-6-19(33)13-17/h4-8,13-14,16,30H,9-12,15,33H2,1-3H3,(H,26,31). The maximum atomic E-state index is 13.5. The van der Waals surface area contributed by atoms with E-state index in [0.717, 1.165) is 37.2 Å². The lowest BCUT2D eigenvalue weighted by molar-refractivity contribution is 0.102. The number of piperazine rings is 1. The molecule has 1 aliphatic heterocycles. The van der Waals surface area contributed by atoms with Crippen LogP contribution in [0.4, 0.5) is 11.4 Å². The van der Waals surface area contributed by atoms with Gasteiger partial charge in [0.25, 0.3) is 11.5 Å². The zero-order valence-corrected chi connectivity index (χ0v) is 20.5. The molecule has 1 saturated heterocycles. The second kappa shape index (κ2) is 9.54. The van der Waals surface area contributed by atoms with Crippen molar-refractivity contribution in [3.63, 3.8) is 0 Å². The van der Waals surface area contributed by atoms with Crippen molar-refractivity contribution in [2.45, 2.75) is 20.4 Å². The average Bonchev–Trinajstić information content (AvgIpc) is 2.77. The fraction of sp³-hybridized carbons (Fsp3) is 0.360. The third-order valence-corrected chi connectivity index (χ3v) is 6.37. The van der Waals surface area contributed by atoms with E-state index >= 15 is 0 Å². The van der Waals surface area contributed by atoms with Crippen molar-refractivity contribution in [2.75, 3.05) is 43.4 Å². The number of aromatic hydroxyl groups is 1. The number of rotatable bonds is 5. The van der Waals surface area contributed by atoms with Crippen molar-refractivity contribution in [3.8, 4) is 5.75 Å². The molecule has 1 unspecified atom stereocenters. The molecule has 33 heavy (non-hydrogen) atoms. The van der Waals surface area contributed by atoms with E-state index in [2.05, 4.69) is 31.4 Å². The Morgan fingerprint density at radius 2 is 1.85 bits per heavy atom. The fourth-order valence-electron chi connectivity index (χ4n) is 4.25. The van der Waals surface area contributed by atoms with Crippen LogP contribution in [0.3, 0.4) is 0 Å². The van der Waals surface area contributed by atoms with E-state index in [9.17, 15) is 14.7 Å². The van der Waals surface area contributed by atoms with E-state index in [-0.39, 0.29) is 17.2 Å². The molecule has 2 heterocycles. The van der Waals surface area contributed by atoms with Gasteiger partial charge in [-0.05, 0) is 48.6 Å². The van der Waals surface area contributed by atoms with Gasteiger partial charge in [-0.1, -0.05) is 26.0 Å². The van der Waals surface area contributed by atoms with Crippen LogP contribution >= 0.6 is 9.24 Å². The number of pyridine rings is 1. The van der Waals surface area contributed by atoms with Crippen LogP contribution in [0.25, 0.3) is 10.9 Å². The van der Waals surface area contributed by atoms with Gasteiger partial charge >= 0.3 is 0 Å². The van der Waals surface area contributed by atoms with E-state index < -0.39 is 11.5 Å². The Hall–Kier alpha value is -2.89. The summed E-state index contributed by atoms with van der Waals surface area (Å²) in [4.78, 5) is 31.2. The van der Waals surface area contributed by atoms with E-state index in [4.69, 9.17) is 0 Å². The van der Waals surface area contributed by atoms with E-state index in [1.165, 1.54) is 0 Å². The first-order chi connectivity index (χ1) is 15.7. The van der Waals surface area contributed by atoms with Crippen LogP contribution in [0, 0.1) is 5.92 Å². The summed E-state index contributed by atoms with van der Waals surface area (Å²) in [6.07, 6.45) is 0. The minimum atomic E-state index is -0.615. The molecule has 1 atom stereocenters. The molecule has 1 aromatic heterocycles. The van der Waals surface area contributed by atoms with Crippen molar-refractivity contribution >= 4 is 42.7 Å². The largest absolute Gasteiger partial charge is 0.506 e. The van der Waals surface area contributed by atoms with E-state index in [1.54, 1.807) is 16.7 Å². The summed E-state index contributed by atoms with van der Waals surface area (Å²) in [5.41, 5.74) is 1.51. The number of hydrogen-bond donors (Lipinski definition) is 2. The number of likely N-dealkylation sites (N-methyl/N-ethyl adjacent to an activating group) is 1. The molecule has 8 heteroatoms. The molecule has 4 rings (SSSR count). The van der Waals surface area contributed by atoms with Crippen molar-refractivity contribution in [1.29, 1.82) is 0 Å². The van der Waals surface area contributed by atoms with Gasteiger partial charge in [-0.15, -0.1) is 9.24 Å². The monoisotopic (exact) mass is 466 g/mol. The molecule has 7 nitrogen and oxygen atoms in total. The highest BCUT2D eigenvalue weighted by Gasteiger charge is 2.24. The number of nitrogens with zero attached hydrogens (tertiary/aromatic N) is 3. The maximum absolute atomic E-state index is 13.5. The zero-order valence-electron chi connectivity index (χ0n) is 19.3. The summed E-state index contributed by atoms with van der Waals surface area (Å²) in [5.74, 6) is -0.706. The Kier molecular flexibility index (Phi) is 6.73. The van der Waals surface area contributed by atoms with Gasteiger partial charge in [-0.25, -0.2) is 0 Å². The lowest BCUT2D eigenvalue weighted by Crippen LogP contribution is -2.44. The van der Waals surface area contributed by atoms with Crippen LogP contribution in [0.1, 0.15) is 24.2 Å². The highest BCUT2D eigenvalue weighted by Crippen LogP contribution is 2.31. The van der Waals surface area contributed by atoms with Crippen molar-refractivity contribution in [2.24, 2.45) is 5.92 Å². The maximum Gasteiger partial charge on any atom is 0.267 e. The van der Waals surface area contributed by atoms with Gasteiger partial charge in [-0.2, -0.15) is 0 Å². The first-order valence-corrected chi connectivity index (χ1v) is 11.8. The Labute approximate surface area is 196 Å². The van der Waals surface area contributed by atoms with Gasteiger partial charge in [0.15, 0.2) is 0 Å². The van der Waals surface area contributed by atoms with Crippen molar-refractivity contribution in [1.82, 2.24) is 9.47 Å². The topological polar surface area (TPSA) is 77.8 Å². The van der Waals surface area contributed by atoms with Crippen LogP contribution in [0.2, 0.25) is 0 Å². The molecule has 3 aromatic rings. The van der Waals surface area contributed by atoms with Gasteiger partial charge in [0.1, 0.15) is 11.3 Å². The molecule has 2 aromatic carbocycles. The minimum Gasteiger partial charge on any atom is -0.506 e. The third-order valence-electron chi connectivity index (χ3n) is 6.01. The second-order valence-electron chi connectivity index (χ2n) is 9.10. The normalized spacial score (nSPS) is 14.8. The molecule has 0 radical (unpaired) electrons. The summed E-state index contributed by atoms with van der Waals surface area (Å²) in [6, 6.07) is 13.0. The number of nitrogens with one attached hydrogen (secondary N) is 1. The smallest absolute Gasteiger partial charge is 0.267 e. The van der Waals surface area contributed by atoms with Crippen molar-refractivity contribution in [3.05, 3.63) is 58.4 Å². The summed E-state index contributed by atoms with van der Waals surface area (Å²) in [7, 11) is 4.68. The molecular formula is C25H31N4O3P. The first kappa shape index (κ1) is 23.3. The predicted octanol–water partition coefficient (Wildman–Crippen LogP) is 2.87. The Morgan fingerprint density at radius 3 is 2.52 bits per heavy atom. The predicted molar refractivity (Wildman–Crippen MR) is 138 cm³/mol. The van der Waals surface area contributed by atoms with Crippen molar-refractivity contribution < 1.29 is 9.90 Å². The highest BCUT2D eigenvalue weighted by molar-refractivity contribution is 7.27. The number of fused-ring (bicyclic) bond motifs is 1. The number of carbonyl (C=O) groups is 1. The van der Waals surface area contributed by atoms with Crippen LogP contribution in [-0.4, -0.2) is 53.7 Å². The minimum absolute atomic E-state index is 0.187. The summed E-state index contributed by atoms with van der Waals surface area (Å²) in [5, 5.41) is 15.2. The summed E-state index contributed by atoms with van der Waals surface area (Å²) < 4.78 is 1.63. The summed E-state index contributed by atoms with van der Waals surface area (Å²) in [6.45, 7) is 8.25. The van der Waals surface area contributed by atoms with Crippen LogP contribution in [0.15, 0.2) is 47.3 Å². The van der Waals surface area contributed by atoms with Gasteiger partial charge in [0.05, 0.1) is 5.52 Å².